The second-order valence-electron chi connectivity index (χ2n) is 5.64. The summed E-state index contributed by atoms with van der Waals surface area (Å²) in [5.41, 5.74) is 1.01. The minimum absolute atomic E-state index is 0.215. The predicted octanol–water partition coefficient (Wildman–Crippen LogP) is 3.07. The molecule has 1 aromatic rings. The van der Waals surface area contributed by atoms with E-state index in [0.29, 0.717) is 12.5 Å². The van der Waals surface area contributed by atoms with E-state index >= 15 is 0 Å². The summed E-state index contributed by atoms with van der Waals surface area (Å²) in [7, 11) is 1.92. The summed E-state index contributed by atoms with van der Waals surface area (Å²) in [6, 6.07) is 7.24. The van der Waals surface area contributed by atoms with Gasteiger partial charge in [-0.1, -0.05) is 18.2 Å². The number of likely N-dealkylation sites (N-methyl/N-ethyl adjacent to an activating group) is 1. The molecule has 1 saturated heterocycles. The van der Waals surface area contributed by atoms with Crippen LogP contribution in [0.1, 0.15) is 37.7 Å². The van der Waals surface area contributed by atoms with Crippen molar-refractivity contribution in [2.75, 3.05) is 13.7 Å². The average molecular weight is 292 g/mol. The zero-order valence-electron chi connectivity index (χ0n) is 12.6. The molecule has 1 N–H and O–H groups in total. The summed E-state index contributed by atoms with van der Waals surface area (Å²) >= 11 is 0. The summed E-state index contributed by atoms with van der Waals surface area (Å²) in [6.45, 7) is 0.874. The van der Waals surface area contributed by atoms with Gasteiger partial charge in [0, 0.05) is 24.3 Å². The molecule has 0 radical (unpaired) electrons. The van der Waals surface area contributed by atoms with E-state index in [1.807, 2.05) is 19.2 Å². The van der Waals surface area contributed by atoms with E-state index in [1.54, 1.807) is 12.1 Å². The number of ether oxygens (including phenoxy) is 1. The minimum Gasteiger partial charge on any atom is -0.378 e. The molecule has 2 atom stereocenters. The van der Waals surface area contributed by atoms with E-state index in [0.717, 1.165) is 31.4 Å². The topological polar surface area (TPSA) is 64.4 Å². The standard InChI is InChI=1S/C16H24N2O3/c1-17-14(9-10-15-7-4-5-11-21-15)12-13-6-2-3-8-16(13)18(19)20/h2-3,6,8,14-15,17H,4-5,7,9-12H2,1H3. The van der Waals surface area contributed by atoms with E-state index in [1.165, 1.54) is 12.8 Å². The van der Waals surface area contributed by atoms with Gasteiger partial charge in [-0.25, -0.2) is 0 Å². The van der Waals surface area contributed by atoms with Crippen LogP contribution in [0.2, 0.25) is 0 Å². The van der Waals surface area contributed by atoms with E-state index in [2.05, 4.69) is 5.32 Å². The second kappa shape index (κ2) is 8.10. The molecule has 1 heterocycles. The summed E-state index contributed by atoms with van der Waals surface area (Å²) in [5.74, 6) is 0. The monoisotopic (exact) mass is 292 g/mol. The Hall–Kier alpha value is -1.46. The quantitative estimate of drug-likeness (QED) is 0.619. The fourth-order valence-corrected chi connectivity index (χ4v) is 2.90. The lowest BCUT2D eigenvalue weighted by molar-refractivity contribution is -0.385. The molecule has 0 aliphatic carbocycles. The molecule has 116 valence electrons. The summed E-state index contributed by atoms with van der Waals surface area (Å²) in [4.78, 5) is 10.8. The number of para-hydroxylation sites is 1. The Morgan fingerprint density at radius 1 is 1.43 bits per heavy atom. The molecular formula is C16H24N2O3. The van der Waals surface area contributed by atoms with Crippen molar-refractivity contribution in [2.24, 2.45) is 0 Å². The number of rotatable bonds is 7. The average Bonchev–Trinajstić information content (AvgIpc) is 2.52. The van der Waals surface area contributed by atoms with Crippen LogP contribution in [-0.2, 0) is 11.2 Å². The Kier molecular flexibility index (Phi) is 6.14. The largest absolute Gasteiger partial charge is 0.378 e. The maximum atomic E-state index is 11.1. The van der Waals surface area contributed by atoms with E-state index in [-0.39, 0.29) is 16.7 Å². The molecule has 0 amide bonds. The molecule has 0 bridgehead atoms. The third kappa shape index (κ3) is 4.79. The number of nitrogens with zero attached hydrogens (tertiary/aromatic N) is 1. The highest BCUT2D eigenvalue weighted by molar-refractivity contribution is 5.40. The Labute approximate surface area is 125 Å². The van der Waals surface area contributed by atoms with Crippen LogP contribution in [0.15, 0.2) is 24.3 Å². The molecule has 2 rings (SSSR count). The van der Waals surface area contributed by atoms with Crippen molar-refractivity contribution in [3.8, 4) is 0 Å². The lowest BCUT2D eigenvalue weighted by Crippen LogP contribution is -2.30. The molecule has 1 aliphatic heterocycles. The van der Waals surface area contributed by atoms with Gasteiger partial charge in [-0.15, -0.1) is 0 Å². The summed E-state index contributed by atoms with van der Waals surface area (Å²) < 4.78 is 5.75. The first-order valence-electron chi connectivity index (χ1n) is 7.72. The van der Waals surface area contributed by atoms with Crippen LogP contribution in [0.25, 0.3) is 0 Å². The van der Waals surface area contributed by atoms with Crippen LogP contribution in [-0.4, -0.2) is 30.7 Å². The van der Waals surface area contributed by atoms with Gasteiger partial charge in [-0.3, -0.25) is 10.1 Å². The molecule has 21 heavy (non-hydrogen) atoms. The SMILES string of the molecule is CNC(CCC1CCCCO1)Cc1ccccc1[N+](=O)[O-]. The Bertz CT molecular complexity index is 459. The molecular weight excluding hydrogens is 268 g/mol. The Morgan fingerprint density at radius 2 is 2.24 bits per heavy atom. The van der Waals surface area contributed by atoms with Gasteiger partial charge < -0.3 is 10.1 Å². The summed E-state index contributed by atoms with van der Waals surface area (Å²) in [5, 5.41) is 14.3. The minimum atomic E-state index is -0.299. The number of nitrogens with one attached hydrogen (secondary N) is 1. The van der Waals surface area contributed by atoms with Crippen LogP contribution >= 0.6 is 0 Å². The first-order chi connectivity index (χ1) is 10.2. The van der Waals surface area contributed by atoms with E-state index < -0.39 is 0 Å². The van der Waals surface area contributed by atoms with E-state index in [4.69, 9.17) is 4.74 Å². The molecule has 1 aromatic carbocycles. The molecule has 0 spiro atoms. The van der Waals surface area contributed by atoms with Crippen molar-refractivity contribution in [1.29, 1.82) is 0 Å². The Morgan fingerprint density at radius 3 is 2.90 bits per heavy atom. The van der Waals surface area contributed by atoms with Crippen LogP contribution in [0, 0.1) is 10.1 Å². The molecule has 0 aromatic heterocycles. The van der Waals surface area contributed by atoms with Crippen LogP contribution in [0.5, 0.6) is 0 Å². The zero-order chi connectivity index (χ0) is 15.1. The highest BCUT2D eigenvalue weighted by Gasteiger charge is 2.19. The third-order valence-corrected chi connectivity index (χ3v) is 4.17. The van der Waals surface area contributed by atoms with Gasteiger partial charge in [0.2, 0.25) is 0 Å². The van der Waals surface area contributed by atoms with Crippen molar-refractivity contribution in [3.63, 3.8) is 0 Å². The fourth-order valence-electron chi connectivity index (χ4n) is 2.90. The van der Waals surface area contributed by atoms with Gasteiger partial charge in [0.1, 0.15) is 0 Å². The second-order valence-corrected chi connectivity index (χ2v) is 5.64. The van der Waals surface area contributed by atoms with Gasteiger partial charge in [-0.2, -0.15) is 0 Å². The van der Waals surface area contributed by atoms with Gasteiger partial charge in [0.05, 0.1) is 11.0 Å². The number of nitro groups is 1. The first kappa shape index (κ1) is 15.9. The fraction of sp³-hybridized carbons (Fsp3) is 0.625. The number of benzene rings is 1. The highest BCUT2D eigenvalue weighted by atomic mass is 16.6. The van der Waals surface area contributed by atoms with Gasteiger partial charge in [-0.05, 0) is 45.6 Å². The molecule has 5 nitrogen and oxygen atoms in total. The van der Waals surface area contributed by atoms with Crippen molar-refractivity contribution in [2.45, 2.75) is 50.7 Å². The first-order valence-corrected chi connectivity index (χ1v) is 7.72. The molecule has 2 unspecified atom stereocenters. The van der Waals surface area contributed by atoms with Gasteiger partial charge >= 0.3 is 0 Å². The number of hydrogen-bond acceptors (Lipinski definition) is 4. The van der Waals surface area contributed by atoms with Crippen LogP contribution < -0.4 is 5.32 Å². The number of nitro benzene ring substituents is 1. The van der Waals surface area contributed by atoms with Crippen LogP contribution in [0.3, 0.4) is 0 Å². The van der Waals surface area contributed by atoms with Crippen molar-refractivity contribution >= 4 is 5.69 Å². The predicted molar refractivity (Wildman–Crippen MR) is 82.5 cm³/mol. The summed E-state index contributed by atoms with van der Waals surface area (Å²) in [6.07, 6.45) is 6.60. The maximum absolute atomic E-state index is 11.1. The van der Waals surface area contributed by atoms with Gasteiger partial charge in [0.25, 0.3) is 5.69 Å². The zero-order valence-corrected chi connectivity index (χ0v) is 12.6. The molecule has 1 aliphatic rings. The normalized spacial score (nSPS) is 20.1. The van der Waals surface area contributed by atoms with Crippen molar-refractivity contribution < 1.29 is 9.66 Å². The van der Waals surface area contributed by atoms with Crippen molar-refractivity contribution in [3.05, 3.63) is 39.9 Å². The maximum Gasteiger partial charge on any atom is 0.272 e. The molecule has 5 heteroatoms. The molecule has 1 fully saturated rings. The Balaban J connectivity index is 1.91. The van der Waals surface area contributed by atoms with Crippen LogP contribution in [0.4, 0.5) is 5.69 Å². The van der Waals surface area contributed by atoms with E-state index in [9.17, 15) is 10.1 Å². The van der Waals surface area contributed by atoms with Gasteiger partial charge in [0.15, 0.2) is 0 Å². The highest BCUT2D eigenvalue weighted by Crippen LogP contribution is 2.22. The molecule has 0 saturated carbocycles. The number of hydrogen-bond donors (Lipinski definition) is 1. The van der Waals surface area contributed by atoms with Crippen molar-refractivity contribution in [1.82, 2.24) is 5.32 Å². The third-order valence-electron chi connectivity index (χ3n) is 4.17. The lowest BCUT2D eigenvalue weighted by Gasteiger charge is -2.24. The lowest BCUT2D eigenvalue weighted by atomic mass is 9.97. The smallest absolute Gasteiger partial charge is 0.272 e.